The summed E-state index contributed by atoms with van der Waals surface area (Å²) >= 11 is 15.6. The number of anilines is 1. The Hall–Kier alpha value is -2.35. The van der Waals surface area contributed by atoms with Gasteiger partial charge in [-0.15, -0.1) is 0 Å². The van der Waals surface area contributed by atoms with Gasteiger partial charge in [-0.1, -0.05) is 45.2 Å². The highest BCUT2D eigenvalue weighted by atomic mass is 79.9. The van der Waals surface area contributed by atoms with Gasteiger partial charge in [0.05, 0.1) is 22.3 Å². The van der Waals surface area contributed by atoms with E-state index in [4.69, 9.17) is 27.9 Å². The number of amides is 4. The lowest BCUT2D eigenvalue weighted by molar-refractivity contribution is -0.122. The van der Waals surface area contributed by atoms with Crippen molar-refractivity contribution in [2.45, 2.75) is 6.92 Å². The number of halogens is 3. The maximum absolute atomic E-state index is 12.9. The molecular formula is C19H13BrCl2N2O4. The number of carbonyl (C=O) groups excluding carboxylic acids is 3. The fourth-order valence-corrected chi connectivity index (χ4v) is 3.62. The molecule has 0 saturated carbocycles. The molecule has 9 heteroatoms. The molecule has 1 saturated heterocycles. The molecule has 0 aromatic heterocycles. The summed E-state index contributed by atoms with van der Waals surface area (Å²) in [5.74, 6) is -1.24. The molecule has 0 bridgehead atoms. The second-order valence-electron chi connectivity index (χ2n) is 5.68. The van der Waals surface area contributed by atoms with Crippen molar-refractivity contribution in [3.05, 3.63) is 62.1 Å². The van der Waals surface area contributed by atoms with Crippen molar-refractivity contribution < 1.29 is 19.1 Å². The van der Waals surface area contributed by atoms with E-state index in [9.17, 15) is 14.4 Å². The molecule has 0 atom stereocenters. The molecule has 4 amide bonds. The first kappa shape index (κ1) is 20.4. The molecule has 144 valence electrons. The first-order chi connectivity index (χ1) is 13.3. The second kappa shape index (κ2) is 8.34. The number of hydrogen-bond donors (Lipinski definition) is 1. The molecule has 1 heterocycles. The number of benzene rings is 2. The van der Waals surface area contributed by atoms with E-state index in [-0.39, 0.29) is 15.6 Å². The molecule has 0 spiro atoms. The van der Waals surface area contributed by atoms with Crippen molar-refractivity contribution in [1.82, 2.24) is 5.32 Å². The van der Waals surface area contributed by atoms with E-state index in [1.54, 1.807) is 31.2 Å². The largest absolute Gasteiger partial charge is 0.491 e. The van der Waals surface area contributed by atoms with Crippen molar-refractivity contribution in [2.24, 2.45) is 0 Å². The molecule has 0 aliphatic carbocycles. The average Bonchev–Trinajstić information content (AvgIpc) is 2.61. The van der Waals surface area contributed by atoms with Gasteiger partial charge in [-0.05, 0) is 48.9 Å². The molecule has 1 N–H and O–H groups in total. The van der Waals surface area contributed by atoms with Gasteiger partial charge in [-0.25, -0.2) is 9.69 Å². The van der Waals surface area contributed by atoms with Gasteiger partial charge >= 0.3 is 6.03 Å². The van der Waals surface area contributed by atoms with Gasteiger partial charge in [0.25, 0.3) is 11.8 Å². The van der Waals surface area contributed by atoms with Crippen molar-refractivity contribution in [3.63, 3.8) is 0 Å². The minimum absolute atomic E-state index is 0.226. The van der Waals surface area contributed by atoms with Crippen LogP contribution in [0.4, 0.5) is 10.5 Å². The summed E-state index contributed by atoms with van der Waals surface area (Å²) in [6, 6.07) is 8.81. The number of hydrogen-bond acceptors (Lipinski definition) is 4. The van der Waals surface area contributed by atoms with Crippen molar-refractivity contribution >= 4 is 68.7 Å². The Labute approximate surface area is 179 Å². The third kappa shape index (κ3) is 4.06. The predicted octanol–water partition coefficient (Wildman–Crippen LogP) is 4.82. The zero-order valence-electron chi connectivity index (χ0n) is 14.5. The van der Waals surface area contributed by atoms with Crippen molar-refractivity contribution in [2.75, 3.05) is 11.5 Å². The topological polar surface area (TPSA) is 75.7 Å². The molecule has 0 radical (unpaired) electrons. The van der Waals surface area contributed by atoms with E-state index in [1.807, 2.05) is 0 Å². The van der Waals surface area contributed by atoms with E-state index >= 15 is 0 Å². The Morgan fingerprint density at radius 1 is 1.14 bits per heavy atom. The molecule has 6 nitrogen and oxygen atoms in total. The first-order valence-electron chi connectivity index (χ1n) is 8.10. The molecular weight excluding hydrogens is 471 g/mol. The van der Waals surface area contributed by atoms with Gasteiger partial charge in [0.2, 0.25) is 0 Å². The Balaban J connectivity index is 2.02. The molecule has 2 aromatic carbocycles. The predicted molar refractivity (Wildman–Crippen MR) is 111 cm³/mol. The van der Waals surface area contributed by atoms with Crippen LogP contribution in [0.15, 0.2) is 46.4 Å². The van der Waals surface area contributed by atoms with E-state index in [1.165, 1.54) is 18.2 Å². The summed E-state index contributed by atoms with van der Waals surface area (Å²) in [5, 5.41) is 2.64. The smallest absolute Gasteiger partial charge is 0.335 e. The molecule has 1 fully saturated rings. The van der Waals surface area contributed by atoms with Crippen LogP contribution in [0.5, 0.6) is 5.75 Å². The van der Waals surface area contributed by atoms with Crippen LogP contribution in [0, 0.1) is 0 Å². The number of urea groups is 1. The van der Waals surface area contributed by atoms with E-state index < -0.39 is 17.8 Å². The van der Waals surface area contributed by atoms with Crippen LogP contribution in [0.2, 0.25) is 10.0 Å². The third-order valence-corrected chi connectivity index (χ3v) is 4.84. The SMILES string of the molecule is CCOc1c(Cl)cc(/C=C2\C(=O)NC(=O)N(c3cccc(Br)c3)C2=O)cc1Cl. The van der Waals surface area contributed by atoms with Crippen LogP contribution in [-0.2, 0) is 9.59 Å². The summed E-state index contributed by atoms with van der Waals surface area (Å²) in [6.45, 7) is 2.17. The maximum Gasteiger partial charge on any atom is 0.335 e. The number of nitrogens with one attached hydrogen (secondary N) is 1. The fourth-order valence-electron chi connectivity index (χ4n) is 2.62. The Kier molecular flexibility index (Phi) is 6.07. The van der Waals surface area contributed by atoms with Crippen LogP contribution in [0.3, 0.4) is 0 Å². The van der Waals surface area contributed by atoms with Gasteiger partial charge in [0, 0.05) is 4.47 Å². The summed E-state index contributed by atoms with van der Waals surface area (Å²) in [7, 11) is 0. The van der Waals surface area contributed by atoms with Crippen molar-refractivity contribution in [1.29, 1.82) is 0 Å². The number of imide groups is 2. The van der Waals surface area contributed by atoms with Crippen LogP contribution in [0.25, 0.3) is 6.08 Å². The monoisotopic (exact) mass is 482 g/mol. The van der Waals surface area contributed by atoms with Crippen LogP contribution in [-0.4, -0.2) is 24.5 Å². The Morgan fingerprint density at radius 2 is 1.82 bits per heavy atom. The van der Waals surface area contributed by atoms with Crippen LogP contribution >= 0.6 is 39.1 Å². The lowest BCUT2D eigenvalue weighted by Gasteiger charge is -2.26. The molecule has 1 aliphatic rings. The quantitative estimate of drug-likeness (QED) is 0.499. The normalized spacial score (nSPS) is 15.8. The number of rotatable bonds is 4. The fraction of sp³-hybridized carbons (Fsp3) is 0.105. The van der Waals surface area contributed by atoms with Crippen LogP contribution in [0.1, 0.15) is 12.5 Å². The lowest BCUT2D eigenvalue weighted by atomic mass is 10.1. The third-order valence-electron chi connectivity index (χ3n) is 3.79. The molecule has 3 rings (SSSR count). The van der Waals surface area contributed by atoms with E-state index in [0.717, 1.165) is 4.90 Å². The molecule has 2 aromatic rings. The maximum atomic E-state index is 12.9. The number of barbiturate groups is 1. The second-order valence-corrected chi connectivity index (χ2v) is 7.41. The number of carbonyl (C=O) groups is 3. The highest BCUT2D eigenvalue weighted by Gasteiger charge is 2.36. The standard InChI is InChI=1S/C19H13BrCl2N2O4/c1-2-28-16-14(21)7-10(8-15(16)22)6-13-17(25)23-19(27)24(18(13)26)12-5-3-4-11(20)9-12/h3-9H,2H2,1H3,(H,23,25,27)/b13-6+. The summed E-state index contributed by atoms with van der Waals surface area (Å²) in [6.07, 6.45) is 1.32. The summed E-state index contributed by atoms with van der Waals surface area (Å²) < 4.78 is 6.05. The summed E-state index contributed by atoms with van der Waals surface area (Å²) in [5.41, 5.74) is 0.509. The van der Waals surface area contributed by atoms with Gasteiger partial charge < -0.3 is 4.74 Å². The molecule has 28 heavy (non-hydrogen) atoms. The molecule has 1 aliphatic heterocycles. The average molecular weight is 484 g/mol. The van der Waals surface area contributed by atoms with E-state index in [0.29, 0.717) is 28.1 Å². The zero-order valence-corrected chi connectivity index (χ0v) is 17.6. The van der Waals surface area contributed by atoms with Gasteiger partial charge in [0.15, 0.2) is 5.75 Å². The minimum atomic E-state index is -0.826. The van der Waals surface area contributed by atoms with Gasteiger partial charge in [-0.2, -0.15) is 0 Å². The van der Waals surface area contributed by atoms with Crippen molar-refractivity contribution in [3.8, 4) is 5.75 Å². The number of nitrogens with zero attached hydrogens (tertiary/aromatic N) is 1. The number of ether oxygens (including phenoxy) is 1. The zero-order chi connectivity index (χ0) is 20.4. The van der Waals surface area contributed by atoms with Crippen LogP contribution < -0.4 is 15.0 Å². The summed E-state index contributed by atoms with van der Waals surface area (Å²) in [4.78, 5) is 38.2. The first-order valence-corrected chi connectivity index (χ1v) is 9.65. The Morgan fingerprint density at radius 3 is 2.43 bits per heavy atom. The van der Waals surface area contributed by atoms with E-state index in [2.05, 4.69) is 21.2 Å². The lowest BCUT2D eigenvalue weighted by Crippen LogP contribution is -2.54. The van der Waals surface area contributed by atoms with Gasteiger partial charge in [-0.3, -0.25) is 14.9 Å². The highest BCUT2D eigenvalue weighted by molar-refractivity contribution is 9.10. The Bertz CT molecular complexity index is 1000. The minimum Gasteiger partial charge on any atom is -0.491 e. The molecule has 0 unspecified atom stereocenters. The van der Waals surface area contributed by atoms with Gasteiger partial charge in [0.1, 0.15) is 5.57 Å². The highest BCUT2D eigenvalue weighted by Crippen LogP contribution is 2.35.